The van der Waals surface area contributed by atoms with Crippen molar-refractivity contribution in [1.82, 2.24) is 29.1 Å². The molecule has 3 fully saturated rings. The smallest absolute Gasteiger partial charge is 0.386 e. The fourth-order valence-electron chi connectivity index (χ4n) is 5.52. The van der Waals surface area contributed by atoms with Crippen LogP contribution in [0, 0.1) is 0 Å². The first-order chi connectivity index (χ1) is 20.9. The molecule has 0 aromatic carbocycles. The molecule has 4 aromatic rings. The van der Waals surface area contributed by atoms with Crippen LogP contribution >= 0.6 is 25.8 Å². The van der Waals surface area contributed by atoms with Gasteiger partial charge in [0.05, 0.1) is 25.6 Å². The molecule has 18 nitrogen and oxygen atoms in total. The molecular formula is C22H26N8O10P2S2. The Hall–Kier alpha value is -2.45. The number of thiol groups is 1. The van der Waals surface area contributed by atoms with E-state index >= 15 is 0 Å². The van der Waals surface area contributed by atoms with Crippen LogP contribution in [-0.4, -0.2) is 82.8 Å². The second-order valence-corrected chi connectivity index (χ2v) is 16.0. The Bertz CT molecular complexity index is 1910. The summed E-state index contributed by atoms with van der Waals surface area (Å²) in [6, 6.07) is 3.35. The Labute approximate surface area is 257 Å². The molecule has 3 aliphatic rings. The molecule has 0 saturated carbocycles. The second kappa shape index (κ2) is 11.1. The number of nitrogens with zero attached hydrogens (tertiary/aromatic N) is 5. The Kier molecular flexibility index (Phi) is 7.63. The minimum atomic E-state index is -4.15. The molecule has 44 heavy (non-hydrogen) atoms. The van der Waals surface area contributed by atoms with Crippen LogP contribution in [0.5, 0.6) is 0 Å². The Morgan fingerprint density at radius 3 is 2.70 bits per heavy atom. The third-order valence-corrected chi connectivity index (χ3v) is 10.7. The van der Waals surface area contributed by atoms with Gasteiger partial charge in [0.25, 0.3) is 5.56 Å². The number of fused-ring (bicyclic) bond motifs is 5. The lowest BCUT2D eigenvalue weighted by Crippen LogP contribution is -2.36. The second-order valence-electron chi connectivity index (χ2n) is 10.3. The van der Waals surface area contributed by atoms with Gasteiger partial charge in [-0.3, -0.25) is 27.9 Å². The minimum Gasteiger partial charge on any atom is -0.398 e. The molecule has 7 N–H and O–H groups in total. The summed E-state index contributed by atoms with van der Waals surface area (Å²) in [6.07, 6.45) is -3.13. The molecule has 236 valence electrons. The maximum absolute atomic E-state index is 13.5. The number of pyridine rings is 1. The maximum Gasteiger partial charge on any atom is 0.386 e. The summed E-state index contributed by atoms with van der Waals surface area (Å²) in [7, 11) is 0. The fraction of sp³-hybridized carbons (Fsp3) is 0.455. The SMILES string of the molecule is Nc1nc2c(ncn2[C@@H]2OC3COP(O)(=S)O[C@H]4[C@@H](O)[C@H](n5ccc6c(N)ccnc65)O[C@@H]4COP(=O)(S)O[C@@H]2C3)c(=O)[nH]1. The summed E-state index contributed by atoms with van der Waals surface area (Å²) in [5.74, 6) is -0.151. The van der Waals surface area contributed by atoms with E-state index in [0.29, 0.717) is 16.7 Å². The highest BCUT2D eigenvalue weighted by Crippen LogP contribution is 2.58. The molecule has 0 aliphatic carbocycles. The van der Waals surface area contributed by atoms with E-state index in [1.54, 1.807) is 22.9 Å². The van der Waals surface area contributed by atoms with E-state index in [1.165, 1.54) is 17.1 Å². The Balaban J connectivity index is 1.19. The van der Waals surface area contributed by atoms with Gasteiger partial charge in [0.1, 0.15) is 30.1 Å². The summed E-state index contributed by atoms with van der Waals surface area (Å²) in [6.45, 7) is -8.90. The number of anilines is 2. The molecule has 0 spiro atoms. The largest absolute Gasteiger partial charge is 0.398 e. The molecule has 3 aliphatic heterocycles. The van der Waals surface area contributed by atoms with E-state index in [9.17, 15) is 19.4 Å². The van der Waals surface area contributed by atoms with Crippen molar-refractivity contribution >= 4 is 71.4 Å². The van der Waals surface area contributed by atoms with Crippen LogP contribution in [0.1, 0.15) is 18.9 Å². The first kappa shape index (κ1) is 30.2. The highest BCUT2D eigenvalue weighted by molar-refractivity contribution is 8.44. The van der Waals surface area contributed by atoms with Crippen molar-refractivity contribution in [3.8, 4) is 0 Å². The molecule has 7 rings (SSSR count). The third kappa shape index (κ3) is 5.48. The summed E-state index contributed by atoms with van der Waals surface area (Å²) in [5, 5.41) is 11.9. The summed E-state index contributed by atoms with van der Waals surface area (Å²) in [4.78, 5) is 38.3. The molecule has 4 aromatic heterocycles. The zero-order valence-corrected chi connectivity index (χ0v) is 25.9. The van der Waals surface area contributed by atoms with Gasteiger partial charge in [0, 0.05) is 29.9 Å². The number of nitrogen functional groups attached to an aromatic ring is 2. The molecule has 3 unspecified atom stereocenters. The topological polar surface area (TPSA) is 246 Å². The van der Waals surface area contributed by atoms with Crippen molar-refractivity contribution in [1.29, 1.82) is 0 Å². The number of hydrogen-bond donors (Lipinski definition) is 6. The molecule has 22 heteroatoms. The first-order valence-corrected chi connectivity index (χ1v) is 18.4. The minimum absolute atomic E-state index is 0.00823. The van der Waals surface area contributed by atoms with Crippen molar-refractivity contribution in [2.24, 2.45) is 0 Å². The van der Waals surface area contributed by atoms with E-state index in [0.717, 1.165) is 0 Å². The van der Waals surface area contributed by atoms with Crippen LogP contribution in [0.4, 0.5) is 11.6 Å². The lowest BCUT2D eigenvalue weighted by Gasteiger charge is -2.27. The van der Waals surface area contributed by atoms with Crippen LogP contribution in [0.15, 0.2) is 35.6 Å². The first-order valence-electron chi connectivity index (χ1n) is 13.1. The number of aromatic amines is 1. The van der Waals surface area contributed by atoms with E-state index in [1.807, 2.05) is 0 Å². The van der Waals surface area contributed by atoms with Gasteiger partial charge in [0.15, 0.2) is 23.6 Å². The van der Waals surface area contributed by atoms with E-state index in [-0.39, 0.29) is 30.1 Å². The molecule has 3 saturated heterocycles. The lowest BCUT2D eigenvalue weighted by molar-refractivity contribution is -0.0581. The molecule has 0 radical (unpaired) electrons. The van der Waals surface area contributed by atoms with Gasteiger partial charge in [-0.1, -0.05) is 12.2 Å². The van der Waals surface area contributed by atoms with E-state index in [2.05, 4.69) is 32.2 Å². The number of nitrogens with two attached hydrogens (primary N) is 2. The monoisotopic (exact) mass is 688 g/mol. The highest BCUT2D eigenvalue weighted by atomic mass is 32.7. The number of aliphatic hydroxyl groups is 1. The fourth-order valence-corrected chi connectivity index (χ4v) is 8.48. The number of aliphatic hydroxyl groups excluding tert-OH is 1. The van der Waals surface area contributed by atoms with Crippen LogP contribution in [0.3, 0.4) is 0 Å². The van der Waals surface area contributed by atoms with Gasteiger partial charge < -0.3 is 40.0 Å². The van der Waals surface area contributed by atoms with Crippen molar-refractivity contribution in [3.63, 3.8) is 0 Å². The number of aromatic nitrogens is 6. The van der Waals surface area contributed by atoms with Crippen molar-refractivity contribution in [2.75, 3.05) is 24.7 Å². The number of rotatable bonds is 2. The predicted octanol–water partition coefficient (Wildman–Crippen LogP) is 0.952. The van der Waals surface area contributed by atoms with Gasteiger partial charge >= 0.3 is 13.5 Å². The summed E-state index contributed by atoms with van der Waals surface area (Å²) >= 11 is 9.44. The normalized spacial score (nSPS) is 36.6. The molecule has 2 bridgehead atoms. The number of nitrogens with one attached hydrogen (secondary N) is 1. The van der Waals surface area contributed by atoms with Crippen molar-refractivity contribution in [2.45, 2.75) is 49.4 Å². The molecule has 7 heterocycles. The zero-order valence-electron chi connectivity index (χ0n) is 22.4. The number of hydrogen-bond acceptors (Lipinski definition) is 15. The molecular weight excluding hydrogens is 662 g/mol. The van der Waals surface area contributed by atoms with Crippen LogP contribution in [0.25, 0.3) is 22.2 Å². The Morgan fingerprint density at radius 1 is 1.07 bits per heavy atom. The average molecular weight is 689 g/mol. The van der Waals surface area contributed by atoms with Crippen molar-refractivity contribution in [3.05, 3.63) is 41.2 Å². The van der Waals surface area contributed by atoms with E-state index < -0.39 is 68.7 Å². The zero-order chi connectivity index (χ0) is 31.0. The number of imidazole rings is 1. The van der Waals surface area contributed by atoms with Crippen LogP contribution < -0.4 is 17.0 Å². The average Bonchev–Trinajstić information content (AvgIpc) is 3.72. The summed E-state index contributed by atoms with van der Waals surface area (Å²) in [5.41, 5.74) is 12.2. The number of ether oxygens (including phenoxy) is 2. The Morgan fingerprint density at radius 2 is 1.89 bits per heavy atom. The van der Waals surface area contributed by atoms with Crippen LogP contribution in [-0.2, 0) is 43.9 Å². The third-order valence-electron chi connectivity index (χ3n) is 7.45. The van der Waals surface area contributed by atoms with Gasteiger partial charge in [-0.15, -0.1) is 0 Å². The van der Waals surface area contributed by atoms with E-state index in [4.69, 9.17) is 50.8 Å². The van der Waals surface area contributed by atoms with Gasteiger partial charge in [-0.25, -0.2) is 14.5 Å². The lowest BCUT2D eigenvalue weighted by atomic mass is 10.1. The van der Waals surface area contributed by atoms with Gasteiger partial charge in [0.2, 0.25) is 5.95 Å². The van der Waals surface area contributed by atoms with Crippen molar-refractivity contribution < 1.29 is 42.1 Å². The van der Waals surface area contributed by atoms with Gasteiger partial charge in [-0.05, 0) is 23.9 Å². The predicted molar refractivity (Wildman–Crippen MR) is 160 cm³/mol. The maximum atomic E-state index is 13.5. The van der Waals surface area contributed by atoms with Crippen LogP contribution in [0.2, 0.25) is 0 Å². The summed E-state index contributed by atoms with van der Waals surface area (Å²) < 4.78 is 51.5. The quantitative estimate of drug-likeness (QED) is 0.127. The number of H-pyrrole nitrogens is 1. The standard InChI is InChI=1S/C22H26N8O10P2S2/c23-11-1-3-25-17-10(11)2-4-29(17)21-15(31)16-13(38-21)7-36-41(33,43)39-12-5-9(6-35-42(34,44)40-16)37-20(12)30-8-26-14-18(30)27-22(24)28-19(14)32/h1-4,8-9,12-13,15-16,20-21,31H,5-7H2,(H2,23,25)(H,33,43)(H,34,44)(H3,24,27,28,32)/t9?,12-,13-,15-,16-,20-,21-,41?,42?/m1/s1. The molecule has 9 atom stereocenters. The molecule has 0 amide bonds. The highest BCUT2D eigenvalue weighted by Gasteiger charge is 2.50. The van der Waals surface area contributed by atoms with Gasteiger partial charge in [-0.2, -0.15) is 4.98 Å².